The van der Waals surface area contributed by atoms with Crippen LogP contribution in [-0.2, 0) is 4.43 Å². The van der Waals surface area contributed by atoms with Gasteiger partial charge in [0.2, 0.25) is 9.04 Å². The van der Waals surface area contributed by atoms with Gasteiger partial charge in [-0.05, 0) is 18.0 Å². The van der Waals surface area contributed by atoms with Gasteiger partial charge >= 0.3 is 0 Å². The zero-order valence-corrected chi connectivity index (χ0v) is 8.77. The summed E-state index contributed by atoms with van der Waals surface area (Å²) in [5.41, 5.74) is 1.48. The zero-order valence-electron chi connectivity index (χ0n) is 7.77. The Bertz CT molecular complexity index is 73.3. The van der Waals surface area contributed by atoms with E-state index in [4.69, 9.17) is 4.43 Å². The topological polar surface area (TPSA) is 9.23 Å². The van der Waals surface area contributed by atoms with Crippen molar-refractivity contribution < 1.29 is 4.43 Å². The smallest absolute Gasteiger partial charge is 0.216 e. The molecule has 0 N–H and O–H groups in total. The summed E-state index contributed by atoms with van der Waals surface area (Å²) in [6.07, 6.45) is 0. The molecule has 0 heterocycles. The van der Waals surface area contributed by atoms with E-state index in [9.17, 15) is 0 Å². The van der Waals surface area contributed by atoms with E-state index in [1.54, 1.807) is 0 Å². The Kier molecular flexibility index (Phi) is 5.00. The summed E-state index contributed by atoms with van der Waals surface area (Å²) < 4.78 is 5.67. The van der Waals surface area contributed by atoms with Crippen LogP contribution in [-0.4, -0.2) is 15.6 Å². The molecule has 0 aromatic carbocycles. The molecule has 0 saturated carbocycles. The standard InChI is InChI=1S/C8H19OSi/c1-6-9-10(7(2)3)8(4)5/h7-8H,6H2,1-5H3. The van der Waals surface area contributed by atoms with E-state index in [1.165, 1.54) is 0 Å². The lowest BCUT2D eigenvalue weighted by molar-refractivity contribution is 0.329. The molecule has 0 atom stereocenters. The summed E-state index contributed by atoms with van der Waals surface area (Å²) in [5.74, 6) is 0. The van der Waals surface area contributed by atoms with E-state index >= 15 is 0 Å². The van der Waals surface area contributed by atoms with Crippen LogP contribution < -0.4 is 0 Å². The van der Waals surface area contributed by atoms with Crippen LogP contribution in [0.5, 0.6) is 0 Å². The van der Waals surface area contributed by atoms with E-state index in [2.05, 4.69) is 34.6 Å². The first-order valence-corrected chi connectivity index (χ1v) is 5.65. The van der Waals surface area contributed by atoms with Gasteiger partial charge in [-0.1, -0.05) is 27.7 Å². The van der Waals surface area contributed by atoms with Crippen LogP contribution >= 0.6 is 0 Å². The highest BCUT2D eigenvalue weighted by molar-refractivity contribution is 6.54. The predicted octanol–water partition coefficient (Wildman–Crippen LogP) is 2.83. The number of hydrogen-bond donors (Lipinski definition) is 0. The second-order valence-electron chi connectivity index (χ2n) is 3.14. The molecule has 0 amide bonds. The van der Waals surface area contributed by atoms with Crippen molar-refractivity contribution in [3.8, 4) is 0 Å². The van der Waals surface area contributed by atoms with E-state index in [0.29, 0.717) is 0 Å². The molecule has 0 unspecified atom stereocenters. The van der Waals surface area contributed by atoms with Crippen molar-refractivity contribution >= 4 is 9.04 Å². The fourth-order valence-corrected chi connectivity index (χ4v) is 3.50. The molecule has 0 aliphatic carbocycles. The van der Waals surface area contributed by atoms with Crippen molar-refractivity contribution in [3.63, 3.8) is 0 Å². The maximum atomic E-state index is 5.67. The van der Waals surface area contributed by atoms with Gasteiger partial charge in [-0.3, -0.25) is 0 Å². The highest BCUT2D eigenvalue weighted by Crippen LogP contribution is 2.20. The van der Waals surface area contributed by atoms with Crippen molar-refractivity contribution in [3.05, 3.63) is 0 Å². The van der Waals surface area contributed by atoms with Gasteiger partial charge in [0, 0.05) is 6.61 Å². The average Bonchev–Trinajstić information content (AvgIpc) is 1.81. The second kappa shape index (κ2) is 4.91. The Morgan fingerprint density at radius 3 is 1.60 bits per heavy atom. The van der Waals surface area contributed by atoms with Crippen LogP contribution in [0.3, 0.4) is 0 Å². The molecule has 0 aromatic rings. The first kappa shape index (κ1) is 10.2. The summed E-state index contributed by atoms with van der Waals surface area (Å²) in [5, 5.41) is 0. The fraction of sp³-hybridized carbons (Fsp3) is 1.00. The zero-order chi connectivity index (χ0) is 8.15. The Hall–Kier alpha value is 0.177. The normalized spacial score (nSPS) is 12.0. The Labute approximate surface area is 66.5 Å². The Morgan fingerprint density at radius 1 is 1.10 bits per heavy atom. The molecule has 0 bridgehead atoms. The Balaban J connectivity index is 3.73. The molecule has 0 fully saturated rings. The summed E-state index contributed by atoms with van der Waals surface area (Å²) in [4.78, 5) is 0. The van der Waals surface area contributed by atoms with Crippen molar-refractivity contribution in [1.29, 1.82) is 0 Å². The van der Waals surface area contributed by atoms with Crippen LogP contribution in [0.2, 0.25) is 11.1 Å². The van der Waals surface area contributed by atoms with E-state index in [0.717, 1.165) is 17.7 Å². The van der Waals surface area contributed by atoms with Gasteiger partial charge in [-0.15, -0.1) is 0 Å². The maximum absolute atomic E-state index is 5.67. The first-order valence-electron chi connectivity index (χ1n) is 4.09. The van der Waals surface area contributed by atoms with Crippen LogP contribution in [0.1, 0.15) is 34.6 Å². The molecule has 2 heteroatoms. The third kappa shape index (κ3) is 3.37. The van der Waals surface area contributed by atoms with E-state index < -0.39 is 9.04 Å². The van der Waals surface area contributed by atoms with Crippen molar-refractivity contribution in [2.75, 3.05) is 6.61 Å². The molecule has 1 radical (unpaired) electrons. The monoisotopic (exact) mass is 159 g/mol. The molecule has 0 aliphatic heterocycles. The first-order chi connectivity index (χ1) is 4.59. The Morgan fingerprint density at radius 2 is 1.50 bits per heavy atom. The van der Waals surface area contributed by atoms with Gasteiger partial charge in [-0.2, -0.15) is 0 Å². The summed E-state index contributed by atoms with van der Waals surface area (Å²) in [6, 6.07) is 0. The third-order valence-corrected chi connectivity index (χ3v) is 4.35. The minimum absolute atomic E-state index is 0.530. The van der Waals surface area contributed by atoms with Crippen molar-refractivity contribution in [2.45, 2.75) is 45.7 Å². The van der Waals surface area contributed by atoms with E-state index in [1.807, 2.05) is 0 Å². The molecule has 10 heavy (non-hydrogen) atoms. The SMILES string of the molecule is CCO[Si](C(C)C)C(C)C. The molecule has 0 saturated heterocycles. The molecule has 1 nitrogen and oxygen atoms in total. The van der Waals surface area contributed by atoms with Gasteiger partial charge in [0.1, 0.15) is 0 Å². The fourth-order valence-electron chi connectivity index (χ4n) is 1.17. The molecular weight excluding hydrogens is 140 g/mol. The largest absolute Gasteiger partial charge is 0.416 e. The van der Waals surface area contributed by atoms with Crippen molar-refractivity contribution in [2.24, 2.45) is 0 Å². The minimum atomic E-state index is -0.530. The van der Waals surface area contributed by atoms with Crippen LogP contribution in [0, 0.1) is 0 Å². The lowest BCUT2D eigenvalue weighted by atomic mass is 10.5. The van der Waals surface area contributed by atoms with Gasteiger partial charge in [0.05, 0.1) is 0 Å². The highest BCUT2D eigenvalue weighted by Gasteiger charge is 2.20. The summed E-state index contributed by atoms with van der Waals surface area (Å²) >= 11 is 0. The van der Waals surface area contributed by atoms with Crippen LogP contribution in [0.15, 0.2) is 0 Å². The van der Waals surface area contributed by atoms with Crippen LogP contribution in [0.4, 0.5) is 0 Å². The lowest BCUT2D eigenvalue weighted by Crippen LogP contribution is -2.25. The van der Waals surface area contributed by atoms with E-state index in [-0.39, 0.29) is 0 Å². The second-order valence-corrected chi connectivity index (χ2v) is 6.55. The van der Waals surface area contributed by atoms with Crippen molar-refractivity contribution in [1.82, 2.24) is 0 Å². The molecule has 0 spiro atoms. The van der Waals surface area contributed by atoms with Crippen LogP contribution in [0.25, 0.3) is 0 Å². The maximum Gasteiger partial charge on any atom is 0.216 e. The van der Waals surface area contributed by atoms with Gasteiger partial charge < -0.3 is 4.43 Å². The number of rotatable bonds is 4. The molecular formula is C8H19OSi. The number of hydrogen-bond acceptors (Lipinski definition) is 1. The lowest BCUT2D eigenvalue weighted by Gasteiger charge is -2.20. The molecule has 0 aliphatic rings. The quantitative estimate of drug-likeness (QED) is 0.573. The predicted molar refractivity (Wildman–Crippen MR) is 47.6 cm³/mol. The molecule has 0 rings (SSSR count). The summed E-state index contributed by atoms with van der Waals surface area (Å²) in [7, 11) is -0.530. The molecule has 61 valence electrons. The average molecular weight is 159 g/mol. The van der Waals surface area contributed by atoms with Gasteiger partial charge in [0.25, 0.3) is 0 Å². The highest BCUT2D eigenvalue weighted by atomic mass is 28.3. The minimum Gasteiger partial charge on any atom is -0.416 e. The van der Waals surface area contributed by atoms with Gasteiger partial charge in [-0.25, -0.2) is 0 Å². The van der Waals surface area contributed by atoms with Gasteiger partial charge in [0.15, 0.2) is 0 Å². The molecule has 0 aromatic heterocycles. The summed E-state index contributed by atoms with van der Waals surface area (Å²) in [6.45, 7) is 12.0. The third-order valence-electron chi connectivity index (χ3n) is 1.45.